The molecule has 3 aliphatic carbocycles. The lowest BCUT2D eigenvalue weighted by atomic mass is 9.52. The molecule has 16 rings (SSSR count). The van der Waals surface area contributed by atoms with Gasteiger partial charge in [-0.05, 0) is 126 Å². The van der Waals surface area contributed by atoms with E-state index in [2.05, 4.69) is 271 Å². The Balaban J connectivity index is 0.821. The van der Waals surface area contributed by atoms with E-state index < -0.39 is 10.8 Å². The van der Waals surface area contributed by atoms with E-state index in [1.165, 1.54) is 94.1 Å². The van der Waals surface area contributed by atoms with Crippen LogP contribution in [0.4, 0.5) is 0 Å². The minimum atomic E-state index is -0.556. The fourth-order valence-corrected chi connectivity index (χ4v) is 13.7. The summed E-state index contributed by atoms with van der Waals surface area (Å²) in [5.74, 6) is 0.687. The summed E-state index contributed by atoms with van der Waals surface area (Å²) in [6.45, 7) is 0. The van der Waals surface area contributed by atoms with Crippen molar-refractivity contribution in [2.24, 2.45) is 0 Å². The first kappa shape index (κ1) is 41.9. The molecule has 2 aromatic heterocycles. The molecule has 0 bridgehead atoms. The van der Waals surface area contributed by atoms with E-state index in [0.29, 0.717) is 5.82 Å². The van der Waals surface area contributed by atoms with Crippen LogP contribution in [0.2, 0.25) is 0 Å². The summed E-state index contributed by atoms with van der Waals surface area (Å²) in [5.41, 5.74) is 25.5. The normalized spacial score (nSPS) is 13.8. The average Bonchev–Trinajstić information content (AvgIpc) is 4.11. The number of aromatic nitrogens is 3. The first-order valence-electron chi connectivity index (χ1n) is 26.0. The minimum Gasteiger partial charge on any atom is -0.309 e. The lowest BCUT2D eigenvalue weighted by molar-refractivity contribution is 0.633. The van der Waals surface area contributed by atoms with Gasteiger partial charge in [0.05, 0.1) is 33.3 Å². The van der Waals surface area contributed by atoms with E-state index in [4.69, 9.17) is 9.97 Å². The maximum Gasteiger partial charge on any atom is 0.160 e. The second kappa shape index (κ2) is 15.9. The molecule has 11 aromatic carbocycles. The Bertz CT molecular complexity index is 4320. The van der Waals surface area contributed by atoms with E-state index in [9.17, 15) is 0 Å². The highest BCUT2D eigenvalue weighted by Gasteiger charge is 2.58. The molecule has 0 unspecified atom stereocenters. The van der Waals surface area contributed by atoms with Gasteiger partial charge in [-0.3, -0.25) is 0 Å². The first-order valence-corrected chi connectivity index (χ1v) is 26.0. The van der Waals surface area contributed by atoms with E-state index in [1.54, 1.807) is 0 Å². The van der Waals surface area contributed by atoms with Gasteiger partial charge in [-0.1, -0.05) is 224 Å². The molecule has 0 N–H and O–H groups in total. The van der Waals surface area contributed by atoms with Crippen molar-refractivity contribution in [3.05, 3.63) is 317 Å². The molecule has 0 fully saturated rings. The minimum absolute atomic E-state index is 0.477. The highest BCUT2D eigenvalue weighted by Crippen LogP contribution is 2.67. The molecular weight excluding hydrogens is 907 g/mol. The van der Waals surface area contributed by atoms with Crippen LogP contribution in [0, 0.1) is 0 Å². The maximum atomic E-state index is 5.30. The van der Waals surface area contributed by atoms with Gasteiger partial charge in [0.25, 0.3) is 0 Å². The summed E-state index contributed by atoms with van der Waals surface area (Å²) in [4.78, 5) is 10.5. The zero-order valence-corrected chi connectivity index (χ0v) is 40.8. The molecule has 3 heteroatoms. The molecule has 0 saturated heterocycles. The van der Waals surface area contributed by atoms with Gasteiger partial charge < -0.3 is 4.57 Å². The average molecular weight is 952 g/mol. The second-order valence-corrected chi connectivity index (χ2v) is 20.3. The zero-order valence-electron chi connectivity index (χ0n) is 40.8. The SMILES string of the molecule is c1ccc(-c2cc(-c3ccc(-c4ccc5c(c4)C4(c6ccccc6-5)c5ccccc5C5(c6ccccc6-c6ccccc65)c5ccccc54)cc3)nc(-c3ccc(-n4c5ccccc5c5ccccc54)cc3)n2)cc1. The fraction of sp³-hybridized carbons (Fsp3) is 0.0278. The third-order valence-corrected chi connectivity index (χ3v) is 16.7. The number of nitrogens with zero attached hydrogens (tertiary/aromatic N) is 3. The Hall–Kier alpha value is -9.70. The van der Waals surface area contributed by atoms with Gasteiger partial charge in [0.2, 0.25) is 0 Å². The number of benzene rings is 11. The summed E-state index contributed by atoms with van der Waals surface area (Å²) >= 11 is 0. The van der Waals surface area contributed by atoms with Crippen LogP contribution in [-0.2, 0) is 10.8 Å². The van der Waals surface area contributed by atoms with Crippen molar-refractivity contribution >= 4 is 21.8 Å². The molecule has 0 radical (unpaired) electrons. The van der Waals surface area contributed by atoms with Crippen molar-refractivity contribution in [3.63, 3.8) is 0 Å². The highest BCUT2D eigenvalue weighted by atomic mass is 15.0. The maximum absolute atomic E-state index is 5.30. The van der Waals surface area contributed by atoms with Crippen molar-refractivity contribution < 1.29 is 0 Å². The fourth-order valence-electron chi connectivity index (χ4n) is 13.7. The Kier molecular flexibility index (Phi) is 8.88. The van der Waals surface area contributed by atoms with Crippen molar-refractivity contribution in [1.82, 2.24) is 14.5 Å². The molecule has 75 heavy (non-hydrogen) atoms. The quantitative estimate of drug-likeness (QED) is 0.172. The van der Waals surface area contributed by atoms with Crippen LogP contribution >= 0.6 is 0 Å². The predicted molar refractivity (Wildman–Crippen MR) is 306 cm³/mol. The van der Waals surface area contributed by atoms with Crippen LogP contribution in [0.1, 0.15) is 44.5 Å². The van der Waals surface area contributed by atoms with Crippen LogP contribution in [0.25, 0.3) is 94.8 Å². The summed E-state index contributed by atoms with van der Waals surface area (Å²) in [5, 5.41) is 2.49. The highest BCUT2D eigenvalue weighted by molar-refractivity contribution is 6.09. The van der Waals surface area contributed by atoms with Gasteiger partial charge in [-0.15, -0.1) is 0 Å². The Morgan fingerprint density at radius 1 is 0.253 bits per heavy atom. The lowest BCUT2D eigenvalue weighted by Gasteiger charge is -2.48. The molecule has 3 nitrogen and oxygen atoms in total. The lowest BCUT2D eigenvalue weighted by Crippen LogP contribution is -2.43. The third kappa shape index (κ3) is 5.75. The van der Waals surface area contributed by atoms with Crippen LogP contribution in [0.5, 0.6) is 0 Å². The Morgan fingerprint density at radius 3 is 1.15 bits per heavy atom. The van der Waals surface area contributed by atoms with Crippen LogP contribution in [0.15, 0.2) is 273 Å². The van der Waals surface area contributed by atoms with Crippen molar-refractivity contribution in [2.45, 2.75) is 10.8 Å². The molecule has 348 valence electrons. The number of para-hydroxylation sites is 2. The van der Waals surface area contributed by atoms with Gasteiger partial charge in [0.15, 0.2) is 5.82 Å². The molecule has 2 heterocycles. The largest absolute Gasteiger partial charge is 0.309 e. The topological polar surface area (TPSA) is 30.7 Å². The summed E-state index contributed by atoms with van der Waals surface area (Å²) in [6, 6.07) is 101. The Morgan fingerprint density at radius 2 is 0.627 bits per heavy atom. The summed E-state index contributed by atoms with van der Waals surface area (Å²) in [6.07, 6.45) is 0. The van der Waals surface area contributed by atoms with Gasteiger partial charge in [0, 0.05) is 33.2 Å². The van der Waals surface area contributed by atoms with Crippen molar-refractivity contribution in [3.8, 4) is 73.0 Å². The van der Waals surface area contributed by atoms with Gasteiger partial charge >= 0.3 is 0 Å². The van der Waals surface area contributed by atoms with E-state index >= 15 is 0 Å². The predicted octanol–water partition coefficient (Wildman–Crippen LogP) is 17.3. The van der Waals surface area contributed by atoms with Crippen LogP contribution < -0.4 is 0 Å². The van der Waals surface area contributed by atoms with Crippen molar-refractivity contribution in [1.29, 1.82) is 0 Å². The number of rotatable bonds is 5. The molecular formula is C72H45N3. The molecule has 2 spiro atoms. The molecule has 0 atom stereocenters. The Labute approximate surface area is 435 Å². The van der Waals surface area contributed by atoms with E-state index in [-0.39, 0.29) is 0 Å². The molecule has 3 aliphatic rings. The van der Waals surface area contributed by atoms with E-state index in [0.717, 1.165) is 39.3 Å². The number of hydrogen-bond acceptors (Lipinski definition) is 2. The molecule has 13 aromatic rings. The van der Waals surface area contributed by atoms with Crippen molar-refractivity contribution in [2.75, 3.05) is 0 Å². The molecule has 0 aliphatic heterocycles. The molecule has 0 amide bonds. The molecule has 0 saturated carbocycles. The number of hydrogen-bond donors (Lipinski definition) is 0. The van der Waals surface area contributed by atoms with Crippen LogP contribution in [-0.4, -0.2) is 14.5 Å². The van der Waals surface area contributed by atoms with Gasteiger partial charge in [0.1, 0.15) is 0 Å². The first-order chi connectivity index (χ1) is 37.2. The zero-order chi connectivity index (χ0) is 49.2. The number of fused-ring (bicyclic) bond motifs is 19. The smallest absolute Gasteiger partial charge is 0.160 e. The van der Waals surface area contributed by atoms with E-state index in [1.807, 2.05) is 6.07 Å². The third-order valence-electron chi connectivity index (χ3n) is 16.7. The van der Waals surface area contributed by atoms with Gasteiger partial charge in [-0.2, -0.15) is 0 Å². The van der Waals surface area contributed by atoms with Gasteiger partial charge in [-0.25, -0.2) is 9.97 Å². The van der Waals surface area contributed by atoms with Crippen LogP contribution in [0.3, 0.4) is 0 Å². The monoisotopic (exact) mass is 951 g/mol. The summed E-state index contributed by atoms with van der Waals surface area (Å²) in [7, 11) is 0. The summed E-state index contributed by atoms with van der Waals surface area (Å²) < 4.78 is 2.35. The second-order valence-electron chi connectivity index (χ2n) is 20.3. The standard InChI is InChI=1S/C72H45N3/c1-2-18-47(19-3-1)66-45-67(74-70(73-66)49-38-41-51(42-39-49)75-68-32-16-7-23-56(68)57-24-8-17-33-69(57)75)48-36-34-46(35-37-48)50-40-43-55-54-22-6-11-27-60(54)72(65(55)44-50)63-30-14-12-28-61(63)71(62-29-13-15-31-64(62)72)58-25-9-4-20-52(58)53-21-5-10-26-59(53)71/h1-45H.